The van der Waals surface area contributed by atoms with Crippen LogP contribution in [0.4, 0.5) is 4.39 Å². The molecule has 0 aliphatic carbocycles. The molecule has 16 heteroatoms. The van der Waals surface area contributed by atoms with Crippen molar-refractivity contribution in [2.75, 3.05) is 13.7 Å². The van der Waals surface area contributed by atoms with Gasteiger partial charge in [0, 0.05) is 41.5 Å². The Hall–Kier alpha value is -3.82. The number of esters is 6. The molecular formula is C22H30FNO14. The summed E-state index contributed by atoms with van der Waals surface area (Å²) in [4.78, 5) is 84.0. The molecule has 1 rings (SSSR count). The van der Waals surface area contributed by atoms with Crippen LogP contribution in [0.15, 0.2) is 0 Å². The van der Waals surface area contributed by atoms with E-state index >= 15 is 4.39 Å². The summed E-state index contributed by atoms with van der Waals surface area (Å²) in [5.41, 5.74) is 0. The smallest absolute Gasteiger partial charge is 0.383 e. The molecule has 1 saturated heterocycles. The fraction of sp³-hybridized carbons (Fsp3) is 0.682. The quantitative estimate of drug-likeness (QED) is 0.257. The highest BCUT2D eigenvalue weighted by Crippen LogP contribution is 2.39. The molecule has 0 aromatic rings. The minimum atomic E-state index is -3.25. The molecule has 0 bridgehead atoms. The van der Waals surface area contributed by atoms with Gasteiger partial charge in [0.15, 0.2) is 18.3 Å². The second-order valence-corrected chi connectivity index (χ2v) is 8.06. The predicted molar refractivity (Wildman–Crippen MR) is 117 cm³/mol. The van der Waals surface area contributed by atoms with Gasteiger partial charge in [-0.05, 0) is 0 Å². The highest BCUT2D eigenvalue weighted by molar-refractivity contribution is 5.83. The fourth-order valence-corrected chi connectivity index (χ4v) is 3.71. The van der Waals surface area contributed by atoms with Crippen molar-refractivity contribution >= 4 is 41.7 Å². The number of nitrogens with one attached hydrogen (secondary N) is 1. The number of carbonyl (C=O) groups excluding carboxylic acids is 7. The Bertz CT molecular complexity index is 954. The van der Waals surface area contributed by atoms with Crippen LogP contribution < -0.4 is 5.32 Å². The number of amides is 1. The van der Waals surface area contributed by atoms with Crippen LogP contribution in [0.1, 0.15) is 41.5 Å². The van der Waals surface area contributed by atoms with Crippen LogP contribution in [0.2, 0.25) is 0 Å². The van der Waals surface area contributed by atoms with Crippen LogP contribution in [0.3, 0.4) is 0 Å². The summed E-state index contributed by atoms with van der Waals surface area (Å²) >= 11 is 0. The first-order chi connectivity index (χ1) is 17.5. The molecule has 0 spiro atoms. The van der Waals surface area contributed by atoms with Gasteiger partial charge in [-0.1, -0.05) is 0 Å². The predicted octanol–water partition coefficient (Wildman–Crippen LogP) is -0.981. The zero-order chi connectivity index (χ0) is 29.4. The molecule has 0 aromatic heterocycles. The third-order valence-electron chi connectivity index (χ3n) is 4.87. The Balaban J connectivity index is 3.93. The first kappa shape index (κ1) is 32.2. The molecule has 1 aliphatic heterocycles. The number of hydrogen-bond donors (Lipinski definition) is 1. The van der Waals surface area contributed by atoms with E-state index in [9.17, 15) is 33.6 Å². The van der Waals surface area contributed by atoms with Gasteiger partial charge in [0.25, 0.3) is 0 Å². The van der Waals surface area contributed by atoms with Crippen molar-refractivity contribution in [3.8, 4) is 0 Å². The minimum Gasteiger partial charge on any atom is -0.464 e. The van der Waals surface area contributed by atoms with Gasteiger partial charge >= 0.3 is 41.6 Å². The molecular weight excluding hydrogens is 521 g/mol. The van der Waals surface area contributed by atoms with E-state index in [1.807, 2.05) is 0 Å². The number of alkyl halides is 1. The normalized spacial score (nSPS) is 26.0. The lowest BCUT2D eigenvalue weighted by Gasteiger charge is -2.49. The Kier molecular flexibility index (Phi) is 11.6. The van der Waals surface area contributed by atoms with E-state index in [2.05, 4.69) is 10.1 Å². The van der Waals surface area contributed by atoms with Crippen LogP contribution in [-0.2, 0) is 66.7 Å². The lowest BCUT2D eigenvalue weighted by molar-refractivity contribution is -0.326. The van der Waals surface area contributed by atoms with Crippen molar-refractivity contribution in [1.82, 2.24) is 5.32 Å². The van der Waals surface area contributed by atoms with Gasteiger partial charge in [-0.15, -0.1) is 0 Å². The van der Waals surface area contributed by atoms with Gasteiger partial charge < -0.3 is 38.5 Å². The van der Waals surface area contributed by atoms with Crippen molar-refractivity contribution in [1.29, 1.82) is 0 Å². The lowest BCUT2D eigenvalue weighted by Crippen LogP contribution is -2.74. The van der Waals surface area contributed by atoms with Crippen molar-refractivity contribution in [2.45, 2.75) is 84.0 Å². The highest BCUT2D eigenvalue weighted by atomic mass is 19.1. The lowest BCUT2D eigenvalue weighted by atomic mass is 9.86. The van der Waals surface area contributed by atoms with Crippen molar-refractivity contribution in [3.05, 3.63) is 0 Å². The maximum absolute atomic E-state index is 16.0. The maximum atomic E-state index is 16.0. The summed E-state index contributed by atoms with van der Waals surface area (Å²) in [6, 6.07) is -1.75. The second kappa shape index (κ2) is 13.6. The monoisotopic (exact) mass is 551 g/mol. The van der Waals surface area contributed by atoms with E-state index in [-0.39, 0.29) is 0 Å². The van der Waals surface area contributed by atoms with Gasteiger partial charge in [0.05, 0.1) is 13.2 Å². The topological polar surface area (TPSA) is 196 Å². The molecule has 38 heavy (non-hydrogen) atoms. The Morgan fingerprint density at radius 1 is 0.868 bits per heavy atom. The summed E-state index contributed by atoms with van der Waals surface area (Å²) in [6.07, 6.45) is -10.4. The maximum Gasteiger partial charge on any atom is 0.383 e. The number of hydrogen-bond acceptors (Lipinski definition) is 14. The Morgan fingerprint density at radius 2 is 1.45 bits per heavy atom. The average molecular weight is 551 g/mol. The zero-order valence-corrected chi connectivity index (χ0v) is 21.8. The van der Waals surface area contributed by atoms with E-state index in [0.717, 1.165) is 48.7 Å². The number of methoxy groups -OCH3 is 1. The van der Waals surface area contributed by atoms with Crippen molar-refractivity contribution in [2.24, 2.45) is 0 Å². The van der Waals surface area contributed by atoms with E-state index in [1.54, 1.807) is 0 Å². The van der Waals surface area contributed by atoms with Gasteiger partial charge in [-0.2, -0.15) is 0 Å². The molecule has 0 radical (unpaired) electrons. The average Bonchev–Trinajstić information content (AvgIpc) is 2.77. The molecule has 1 heterocycles. The molecule has 1 fully saturated rings. The fourth-order valence-electron chi connectivity index (χ4n) is 3.71. The Morgan fingerprint density at radius 3 is 1.87 bits per heavy atom. The molecule has 7 atom stereocenters. The van der Waals surface area contributed by atoms with Crippen LogP contribution in [-0.4, -0.2) is 97.9 Å². The highest BCUT2D eigenvalue weighted by Gasteiger charge is 2.67. The molecule has 1 amide bonds. The van der Waals surface area contributed by atoms with E-state index in [1.165, 1.54) is 0 Å². The second-order valence-electron chi connectivity index (χ2n) is 8.06. The standard InChI is InChI=1S/C22H30FNO14/c1-9(25)24-16-18(17(35-12(4)28)15(34-11(3)27)8-33-10(2)26)38-22(21(31)32-7,37-14(6)30)20(23)19(16)36-13(5)29/h15-20H,8H2,1-7H3,(H,24,25)/t15-,16+,17-,18-,19-,20-,22+/m1/s1. The Labute approximate surface area is 216 Å². The number of carbonyl (C=O) groups is 7. The molecule has 0 saturated carbocycles. The largest absolute Gasteiger partial charge is 0.464 e. The molecule has 15 nitrogen and oxygen atoms in total. The molecule has 1 aliphatic rings. The summed E-state index contributed by atoms with van der Waals surface area (Å²) < 4.78 is 51.4. The van der Waals surface area contributed by atoms with E-state index in [4.69, 9.17) is 28.4 Å². The van der Waals surface area contributed by atoms with E-state index in [0.29, 0.717) is 0 Å². The zero-order valence-electron chi connectivity index (χ0n) is 21.8. The minimum absolute atomic E-state index is 0.740. The van der Waals surface area contributed by atoms with Gasteiger partial charge in [0.2, 0.25) is 12.1 Å². The van der Waals surface area contributed by atoms with Crippen LogP contribution in [0.5, 0.6) is 0 Å². The number of rotatable bonds is 10. The summed E-state index contributed by atoms with van der Waals surface area (Å²) in [7, 11) is 0.811. The molecule has 214 valence electrons. The number of halogens is 1. The first-order valence-corrected chi connectivity index (χ1v) is 11.1. The van der Waals surface area contributed by atoms with Crippen molar-refractivity contribution < 1.29 is 71.1 Å². The van der Waals surface area contributed by atoms with Gasteiger partial charge in [-0.3, -0.25) is 28.8 Å². The molecule has 0 aromatic carbocycles. The first-order valence-electron chi connectivity index (χ1n) is 11.1. The van der Waals surface area contributed by atoms with Gasteiger partial charge in [-0.25, -0.2) is 9.18 Å². The van der Waals surface area contributed by atoms with Crippen LogP contribution in [0.25, 0.3) is 0 Å². The third kappa shape index (κ3) is 8.36. The SMILES string of the molecule is COC(=O)[C@@]1(OC(C)=O)O[C@@H]([C@H](OC(C)=O)[C@@H](COC(C)=O)OC(C)=O)[C@H](NC(C)=O)[C@@H](OC(C)=O)[C@H]1F. The third-order valence-corrected chi connectivity index (χ3v) is 4.87. The van der Waals surface area contributed by atoms with Crippen LogP contribution in [0, 0.1) is 0 Å². The van der Waals surface area contributed by atoms with Gasteiger partial charge in [0.1, 0.15) is 12.7 Å². The number of ether oxygens (including phenoxy) is 7. The summed E-state index contributed by atoms with van der Waals surface area (Å²) in [6.45, 7) is 4.89. The summed E-state index contributed by atoms with van der Waals surface area (Å²) in [5, 5.41) is 2.28. The molecule has 1 N–H and O–H groups in total. The van der Waals surface area contributed by atoms with Crippen molar-refractivity contribution in [3.63, 3.8) is 0 Å². The molecule has 0 unspecified atom stereocenters. The summed E-state index contributed by atoms with van der Waals surface area (Å²) in [5.74, 6) is -10.8. The van der Waals surface area contributed by atoms with E-state index < -0.39 is 90.7 Å². The van der Waals surface area contributed by atoms with Crippen LogP contribution >= 0.6 is 0 Å².